The predicted octanol–water partition coefficient (Wildman–Crippen LogP) is 3.13. The summed E-state index contributed by atoms with van der Waals surface area (Å²) in [5, 5.41) is 13.3. The van der Waals surface area contributed by atoms with Gasteiger partial charge in [-0.3, -0.25) is 4.79 Å². The third kappa shape index (κ3) is 4.20. The van der Waals surface area contributed by atoms with Crippen molar-refractivity contribution < 1.29 is 14.6 Å². The molecule has 1 aromatic carbocycles. The quantitative estimate of drug-likeness (QED) is 0.872. The van der Waals surface area contributed by atoms with E-state index in [1.807, 2.05) is 0 Å². The molecule has 5 heteroatoms. The van der Waals surface area contributed by atoms with Crippen molar-refractivity contribution in [3.63, 3.8) is 0 Å². The van der Waals surface area contributed by atoms with E-state index in [0.29, 0.717) is 28.2 Å². The van der Waals surface area contributed by atoms with Gasteiger partial charge in [-0.1, -0.05) is 6.92 Å². The molecule has 4 nitrogen and oxygen atoms in total. The molecule has 1 aromatic rings. The van der Waals surface area contributed by atoms with E-state index < -0.39 is 5.60 Å². The van der Waals surface area contributed by atoms with Crippen LogP contribution in [-0.4, -0.2) is 30.3 Å². The highest BCUT2D eigenvalue weighted by atomic mass is 79.9. The van der Waals surface area contributed by atoms with Crippen LogP contribution in [0.1, 0.15) is 43.0 Å². The fraction of sp³-hybridized carbons (Fsp3) is 0.562. The van der Waals surface area contributed by atoms with Crippen molar-refractivity contribution >= 4 is 21.8 Å². The summed E-state index contributed by atoms with van der Waals surface area (Å²) < 4.78 is 5.85. The van der Waals surface area contributed by atoms with Crippen molar-refractivity contribution in [3.8, 4) is 5.75 Å². The van der Waals surface area contributed by atoms with Crippen molar-refractivity contribution in [1.29, 1.82) is 0 Å². The third-order valence-electron chi connectivity index (χ3n) is 4.20. The molecule has 0 aliphatic heterocycles. The van der Waals surface area contributed by atoms with E-state index >= 15 is 0 Å². The van der Waals surface area contributed by atoms with E-state index in [-0.39, 0.29) is 5.91 Å². The topological polar surface area (TPSA) is 58.6 Å². The van der Waals surface area contributed by atoms with Gasteiger partial charge < -0.3 is 15.2 Å². The van der Waals surface area contributed by atoms with Gasteiger partial charge in [0.15, 0.2) is 0 Å². The van der Waals surface area contributed by atoms with Crippen LogP contribution in [0.5, 0.6) is 5.75 Å². The van der Waals surface area contributed by atoms with Crippen LogP contribution in [0.2, 0.25) is 0 Å². The molecular weight excluding hydrogens is 334 g/mol. The molecule has 0 spiro atoms. The van der Waals surface area contributed by atoms with E-state index in [1.165, 1.54) is 0 Å². The first kappa shape index (κ1) is 16.3. The van der Waals surface area contributed by atoms with Gasteiger partial charge >= 0.3 is 0 Å². The van der Waals surface area contributed by atoms with Gasteiger partial charge in [0.05, 0.1) is 18.3 Å². The monoisotopic (exact) mass is 355 g/mol. The second kappa shape index (κ2) is 6.79. The summed E-state index contributed by atoms with van der Waals surface area (Å²) in [5.41, 5.74) is -0.254. The molecule has 1 saturated carbocycles. The lowest BCUT2D eigenvalue weighted by Gasteiger charge is -2.35. The second-order valence-corrected chi connectivity index (χ2v) is 6.79. The smallest absolute Gasteiger partial charge is 0.252 e. The Morgan fingerprint density at radius 3 is 2.76 bits per heavy atom. The average Bonchev–Trinajstić information content (AvgIpc) is 2.49. The minimum Gasteiger partial charge on any atom is -0.497 e. The molecule has 2 rings (SSSR count). The zero-order chi connectivity index (χ0) is 15.5. The van der Waals surface area contributed by atoms with Crippen LogP contribution in [-0.2, 0) is 0 Å². The van der Waals surface area contributed by atoms with E-state index in [2.05, 4.69) is 28.2 Å². The van der Waals surface area contributed by atoms with Crippen molar-refractivity contribution in [2.45, 2.75) is 38.2 Å². The number of rotatable bonds is 4. The Kier molecular flexibility index (Phi) is 5.27. The zero-order valence-electron chi connectivity index (χ0n) is 12.5. The summed E-state index contributed by atoms with van der Waals surface area (Å²) in [5.74, 6) is 1.09. The first-order chi connectivity index (χ1) is 9.93. The summed E-state index contributed by atoms with van der Waals surface area (Å²) in [6, 6.07) is 5.26. The van der Waals surface area contributed by atoms with Crippen LogP contribution < -0.4 is 10.1 Å². The van der Waals surface area contributed by atoms with Crippen LogP contribution in [0.3, 0.4) is 0 Å². The largest absolute Gasteiger partial charge is 0.497 e. The van der Waals surface area contributed by atoms with E-state index in [1.54, 1.807) is 25.3 Å². The summed E-state index contributed by atoms with van der Waals surface area (Å²) in [6.07, 6.45) is 3.51. The molecular formula is C16H22BrNO3. The Labute approximate surface area is 134 Å². The van der Waals surface area contributed by atoms with Crippen LogP contribution in [0.4, 0.5) is 0 Å². The maximum absolute atomic E-state index is 12.3. The molecule has 0 radical (unpaired) electrons. The SMILES string of the molecule is COc1ccc(Br)c(C(=O)NCC2(O)CCC(C)CC2)c1. The summed E-state index contributed by atoms with van der Waals surface area (Å²) in [6.45, 7) is 2.49. The van der Waals surface area contributed by atoms with E-state index in [4.69, 9.17) is 4.74 Å². The van der Waals surface area contributed by atoms with Crippen LogP contribution >= 0.6 is 15.9 Å². The molecule has 1 fully saturated rings. The van der Waals surface area contributed by atoms with Gasteiger partial charge in [0.2, 0.25) is 0 Å². The summed E-state index contributed by atoms with van der Waals surface area (Å²) >= 11 is 3.37. The fourth-order valence-corrected chi connectivity index (χ4v) is 3.05. The van der Waals surface area contributed by atoms with Crippen molar-refractivity contribution in [2.24, 2.45) is 5.92 Å². The van der Waals surface area contributed by atoms with E-state index in [9.17, 15) is 9.90 Å². The van der Waals surface area contributed by atoms with Gasteiger partial charge in [-0.05, 0) is 65.7 Å². The average molecular weight is 356 g/mol. The number of hydrogen-bond donors (Lipinski definition) is 2. The van der Waals surface area contributed by atoms with Crippen molar-refractivity contribution in [1.82, 2.24) is 5.32 Å². The highest BCUT2D eigenvalue weighted by Gasteiger charge is 2.32. The zero-order valence-corrected chi connectivity index (χ0v) is 14.1. The minimum atomic E-state index is -0.770. The molecule has 2 N–H and O–H groups in total. The van der Waals surface area contributed by atoms with Crippen LogP contribution in [0.25, 0.3) is 0 Å². The number of halogens is 1. The van der Waals surface area contributed by atoms with Gasteiger partial charge in [-0.15, -0.1) is 0 Å². The normalized spacial score (nSPS) is 25.4. The lowest BCUT2D eigenvalue weighted by Crippen LogP contribution is -2.45. The highest BCUT2D eigenvalue weighted by molar-refractivity contribution is 9.10. The molecule has 116 valence electrons. The lowest BCUT2D eigenvalue weighted by molar-refractivity contribution is -0.00540. The maximum Gasteiger partial charge on any atom is 0.252 e. The van der Waals surface area contributed by atoms with Gasteiger partial charge in [0, 0.05) is 11.0 Å². The Bertz CT molecular complexity index is 510. The molecule has 0 bridgehead atoms. The molecule has 1 aliphatic carbocycles. The highest BCUT2D eigenvalue weighted by Crippen LogP contribution is 2.31. The molecule has 1 aliphatic rings. The predicted molar refractivity (Wildman–Crippen MR) is 85.6 cm³/mol. The molecule has 1 amide bonds. The number of methoxy groups -OCH3 is 1. The standard InChI is InChI=1S/C16H22BrNO3/c1-11-5-7-16(20,8-6-11)10-18-15(19)13-9-12(21-2)3-4-14(13)17/h3-4,9,11,20H,5-8,10H2,1-2H3,(H,18,19). The Balaban J connectivity index is 1.98. The second-order valence-electron chi connectivity index (χ2n) is 5.94. The van der Waals surface area contributed by atoms with Crippen LogP contribution in [0, 0.1) is 5.92 Å². The molecule has 21 heavy (non-hydrogen) atoms. The Morgan fingerprint density at radius 1 is 1.48 bits per heavy atom. The van der Waals surface area contributed by atoms with Crippen LogP contribution in [0.15, 0.2) is 22.7 Å². The number of benzene rings is 1. The number of carbonyl (C=O) groups is 1. The number of hydrogen-bond acceptors (Lipinski definition) is 3. The Hall–Kier alpha value is -1.07. The number of nitrogens with one attached hydrogen (secondary N) is 1. The van der Waals surface area contributed by atoms with E-state index in [0.717, 1.165) is 25.7 Å². The molecule has 0 heterocycles. The number of aliphatic hydroxyl groups is 1. The van der Waals surface area contributed by atoms with Gasteiger partial charge in [0.25, 0.3) is 5.91 Å². The number of amides is 1. The Morgan fingerprint density at radius 2 is 2.14 bits per heavy atom. The molecule has 0 atom stereocenters. The van der Waals surface area contributed by atoms with Gasteiger partial charge in [0.1, 0.15) is 5.75 Å². The fourth-order valence-electron chi connectivity index (χ4n) is 2.62. The molecule has 0 saturated heterocycles. The summed E-state index contributed by atoms with van der Waals surface area (Å²) in [4.78, 5) is 12.3. The lowest BCUT2D eigenvalue weighted by atomic mass is 9.79. The van der Waals surface area contributed by atoms with Crippen molar-refractivity contribution in [3.05, 3.63) is 28.2 Å². The summed E-state index contributed by atoms with van der Waals surface area (Å²) in [7, 11) is 1.57. The van der Waals surface area contributed by atoms with Crippen molar-refractivity contribution in [2.75, 3.05) is 13.7 Å². The first-order valence-electron chi connectivity index (χ1n) is 7.28. The maximum atomic E-state index is 12.3. The molecule has 0 unspecified atom stereocenters. The number of carbonyl (C=O) groups excluding carboxylic acids is 1. The molecule has 0 aromatic heterocycles. The van der Waals surface area contributed by atoms with Gasteiger partial charge in [-0.2, -0.15) is 0 Å². The minimum absolute atomic E-state index is 0.201. The number of ether oxygens (including phenoxy) is 1. The third-order valence-corrected chi connectivity index (χ3v) is 4.89. The van der Waals surface area contributed by atoms with Gasteiger partial charge in [-0.25, -0.2) is 0 Å². The first-order valence-corrected chi connectivity index (χ1v) is 8.07.